The molecule has 1 fully saturated rings. The lowest BCUT2D eigenvalue weighted by Crippen LogP contribution is -2.36. The van der Waals surface area contributed by atoms with Crippen LogP contribution in [0.25, 0.3) is 4.48 Å². The van der Waals surface area contributed by atoms with Gasteiger partial charge in [0.15, 0.2) is 0 Å². The van der Waals surface area contributed by atoms with Gasteiger partial charge in [-0.2, -0.15) is 0 Å². The molecule has 0 bridgehead atoms. The summed E-state index contributed by atoms with van der Waals surface area (Å²) in [6.45, 7) is 0. The molecule has 140 valence electrons. The number of carbonyl (C=O) groups is 2. The lowest BCUT2D eigenvalue weighted by Gasteiger charge is -2.22. The molecule has 0 atom stereocenters. The van der Waals surface area contributed by atoms with E-state index in [1.807, 2.05) is 0 Å². The van der Waals surface area contributed by atoms with Gasteiger partial charge in [0.1, 0.15) is 5.70 Å². The van der Waals surface area contributed by atoms with Gasteiger partial charge in [0.2, 0.25) is 11.9 Å². The minimum atomic E-state index is -0.492. The second-order valence-corrected chi connectivity index (χ2v) is 7.07. The molecule has 2 N–H and O–H groups in total. The molecular weight excluding hydrogens is 410 g/mol. The highest BCUT2D eigenvalue weighted by Crippen LogP contribution is 2.27. The molecule has 0 radical (unpaired) electrons. The van der Waals surface area contributed by atoms with E-state index in [4.69, 9.17) is 0 Å². The van der Waals surface area contributed by atoms with Gasteiger partial charge in [-0.3, -0.25) is 19.9 Å². The van der Waals surface area contributed by atoms with E-state index in [1.165, 1.54) is 12.4 Å². The number of anilines is 1. The maximum absolute atomic E-state index is 12.8. The highest BCUT2D eigenvalue weighted by atomic mass is 79.9. The fourth-order valence-corrected chi connectivity index (χ4v) is 3.52. The molecule has 2 amide bonds. The van der Waals surface area contributed by atoms with Crippen molar-refractivity contribution in [3.05, 3.63) is 54.2 Å². The van der Waals surface area contributed by atoms with Crippen LogP contribution in [0.15, 0.2) is 48.7 Å². The maximum Gasteiger partial charge on any atom is 0.275 e. The van der Waals surface area contributed by atoms with Gasteiger partial charge in [-0.1, -0.05) is 19.3 Å². The predicted molar refractivity (Wildman–Crippen MR) is 105 cm³/mol. The van der Waals surface area contributed by atoms with E-state index >= 15 is 0 Å². The van der Waals surface area contributed by atoms with E-state index < -0.39 is 5.91 Å². The van der Waals surface area contributed by atoms with Crippen molar-refractivity contribution in [1.29, 1.82) is 0 Å². The van der Waals surface area contributed by atoms with E-state index in [1.54, 1.807) is 30.6 Å². The summed E-state index contributed by atoms with van der Waals surface area (Å²) in [4.78, 5) is 37.5. The lowest BCUT2D eigenvalue weighted by molar-refractivity contribution is -0.126. The summed E-state index contributed by atoms with van der Waals surface area (Å²) in [6.07, 6.45) is 11.2. The van der Waals surface area contributed by atoms with Crippen molar-refractivity contribution >= 4 is 38.2 Å². The number of nitrogens with zero attached hydrogens (tertiary/aromatic N) is 3. The van der Waals surface area contributed by atoms with E-state index in [0.29, 0.717) is 4.48 Å². The van der Waals surface area contributed by atoms with Gasteiger partial charge >= 0.3 is 0 Å². The van der Waals surface area contributed by atoms with Crippen LogP contribution in [0.4, 0.5) is 5.95 Å². The third-order valence-corrected chi connectivity index (χ3v) is 5.25. The second-order valence-electron chi connectivity index (χ2n) is 6.28. The molecule has 2 heterocycles. The zero-order valence-electron chi connectivity index (χ0n) is 14.7. The van der Waals surface area contributed by atoms with Crippen LogP contribution in [0.2, 0.25) is 0 Å². The predicted octanol–water partition coefficient (Wildman–Crippen LogP) is 3.27. The second kappa shape index (κ2) is 9.36. The number of pyridine rings is 1. The third kappa shape index (κ3) is 5.19. The van der Waals surface area contributed by atoms with Gasteiger partial charge in [0.05, 0.1) is 4.48 Å². The van der Waals surface area contributed by atoms with Crippen molar-refractivity contribution in [2.45, 2.75) is 32.1 Å². The van der Waals surface area contributed by atoms with E-state index in [9.17, 15) is 9.59 Å². The molecule has 2 aromatic heterocycles. The first-order chi connectivity index (χ1) is 13.1. The molecule has 0 spiro atoms. The SMILES string of the molecule is O=C(Nc1ncccn1)/C(NC(=O)C1CCCCC1)=C(\Br)c1ccncc1. The van der Waals surface area contributed by atoms with Crippen molar-refractivity contribution in [2.75, 3.05) is 5.32 Å². The summed E-state index contributed by atoms with van der Waals surface area (Å²) in [5.74, 6) is -0.539. The molecule has 3 rings (SSSR count). The van der Waals surface area contributed by atoms with Gasteiger partial charge in [0.25, 0.3) is 5.91 Å². The number of hydrogen-bond donors (Lipinski definition) is 2. The zero-order valence-corrected chi connectivity index (χ0v) is 16.3. The first-order valence-corrected chi connectivity index (χ1v) is 9.64. The molecule has 8 heteroatoms. The molecule has 0 aromatic carbocycles. The van der Waals surface area contributed by atoms with Crippen LogP contribution in [-0.4, -0.2) is 26.8 Å². The van der Waals surface area contributed by atoms with Gasteiger partial charge in [-0.15, -0.1) is 0 Å². The van der Waals surface area contributed by atoms with Crippen LogP contribution in [0, 0.1) is 5.92 Å². The average molecular weight is 430 g/mol. The van der Waals surface area contributed by atoms with Crippen LogP contribution < -0.4 is 10.6 Å². The quantitative estimate of drug-likeness (QED) is 0.710. The van der Waals surface area contributed by atoms with Crippen molar-refractivity contribution in [3.8, 4) is 0 Å². The minimum Gasteiger partial charge on any atom is -0.320 e. The molecule has 1 aliphatic rings. The average Bonchev–Trinajstić information content (AvgIpc) is 2.73. The Hall–Kier alpha value is -2.61. The van der Waals surface area contributed by atoms with Gasteiger partial charge < -0.3 is 5.32 Å². The molecule has 0 unspecified atom stereocenters. The number of nitrogens with one attached hydrogen (secondary N) is 2. The number of aromatic nitrogens is 3. The van der Waals surface area contributed by atoms with Gasteiger partial charge in [0, 0.05) is 30.7 Å². The molecule has 1 saturated carbocycles. The van der Waals surface area contributed by atoms with Crippen molar-refractivity contribution in [1.82, 2.24) is 20.3 Å². The van der Waals surface area contributed by atoms with Crippen molar-refractivity contribution < 1.29 is 9.59 Å². The fraction of sp³-hybridized carbons (Fsp3) is 0.316. The summed E-state index contributed by atoms with van der Waals surface area (Å²) in [7, 11) is 0. The topological polar surface area (TPSA) is 96.9 Å². The molecule has 1 aliphatic carbocycles. The molecule has 0 aliphatic heterocycles. The van der Waals surface area contributed by atoms with E-state index in [-0.39, 0.29) is 23.5 Å². The number of rotatable bonds is 5. The highest BCUT2D eigenvalue weighted by molar-refractivity contribution is 9.15. The number of carbonyl (C=O) groups excluding carboxylic acids is 2. The number of halogens is 1. The Morgan fingerprint density at radius 3 is 2.33 bits per heavy atom. The lowest BCUT2D eigenvalue weighted by atomic mass is 9.88. The first kappa shape index (κ1) is 19.2. The van der Waals surface area contributed by atoms with Crippen molar-refractivity contribution in [3.63, 3.8) is 0 Å². The summed E-state index contributed by atoms with van der Waals surface area (Å²) in [5.41, 5.74) is 0.859. The number of amides is 2. The highest BCUT2D eigenvalue weighted by Gasteiger charge is 2.25. The first-order valence-electron chi connectivity index (χ1n) is 8.84. The zero-order chi connectivity index (χ0) is 19.1. The molecule has 0 saturated heterocycles. The molecule has 2 aromatic rings. The Morgan fingerprint density at radius 1 is 1.00 bits per heavy atom. The standard InChI is InChI=1S/C19H20BrN5O2/c20-15(13-7-11-21-12-8-13)16(18(27)25-19-22-9-4-10-23-19)24-17(26)14-5-2-1-3-6-14/h4,7-12,14H,1-3,5-6H2,(H,24,26)(H,22,23,25,27)/b16-15+. The van der Waals surface area contributed by atoms with Crippen LogP contribution in [0.1, 0.15) is 37.7 Å². The normalized spacial score (nSPS) is 15.6. The Morgan fingerprint density at radius 2 is 1.67 bits per heavy atom. The van der Waals surface area contributed by atoms with Gasteiger partial charge in [-0.05, 0) is 52.5 Å². The largest absolute Gasteiger partial charge is 0.320 e. The van der Waals surface area contributed by atoms with Crippen LogP contribution in [0.3, 0.4) is 0 Å². The third-order valence-electron chi connectivity index (χ3n) is 4.40. The summed E-state index contributed by atoms with van der Waals surface area (Å²) in [6, 6.07) is 5.16. The van der Waals surface area contributed by atoms with Crippen LogP contribution in [0.5, 0.6) is 0 Å². The summed E-state index contributed by atoms with van der Waals surface area (Å²) in [5, 5.41) is 5.43. The Labute approximate surface area is 165 Å². The Balaban J connectivity index is 1.86. The molecular formula is C19H20BrN5O2. The molecule has 7 nitrogen and oxygen atoms in total. The van der Waals surface area contributed by atoms with Crippen molar-refractivity contribution in [2.24, 2.45) is 5.92 Å². The molecule has 27 heavy (non-hydrogen) atoms. The monoisotopic (exact) mass is 429 g/mol. The minimum absolute atomic E-state index is 0.0766. The maximum atomic E-state index is 12.8. The summed E-state index contributed by atoms with van der Waals surface area (Å²) < 4.78 is 0.475. The smallest absolute Gasteiger partial charge is 0.275 e. The Bertz CT molecular complexity index is 821. The Kier molecular flexibility index (Phi) is 6.64. The number of hydrogen-bond acceptors (Lipinski definition) is 5. The van der Waals surface area contributed by atoms with Gasteiger partial charge in [-0.25, -0.2) is 9.97 Å². The van der Waals surface area contributed by atoms with Crippen LogP contribution in [-0.2, 0) is 9.59 Å². The summed E-state index contributed by atoms with van der Waals surface area (Å²) >= 11 is 3.45. The van der Waals surface area contributed by atoms with E-state index in [0.717, 1.165) is 37.7 Å². The van der Waals surface area contributed by atoms with E-state index in [2.05, 4.69) is 41.5 Å². The fourth-order valence-electron chi connectivity index (χ4n) is 2.97. The van der Waals surface area contributed by atoms with Crippen LogP contribution >= 0.6 is 15.9 Å².